The second-order valence-corrected chi connectivity index (χ2v) is 5.25. The average molecular weight is 346 g/mol. The van der Waals surface area contributed by atoms with E-state index in [2.05, 4.69) is 10.6 Å². The van der Waals surface area contributed by atoms with Crippen LogP contribution in [0.2, 0.25) is 0 Å². The molecule has 4 N–H and O–H groups in total. The van der Waals surface area contributed by atoms with Gasteiger partial charge >= 0.3 is 0 Å². The number of ether oxygens (including phenoxy) is 1. The van der Waals surface area contributed by atoms with Gasteiger partial charge in [-0.2, -0.15) is 0 Å². The molecule has 0 saturated carbocycles. The van der Waals surface area contributed by atoms with Crippen LogP contribution in [0.3, 0.4) is 0 Å². The monoisotopic (exact) mass is 345 g/mol. The third kappa shape index (κ3) is 6.13. The van der Waals surface area contributed by atoms with E-state index >= 15 is 0 Å². The van der Waals surface area contributed by atoms with Crippen molar-refractivity contribution >= 4 is 29.9 Å². The molecule has 1 unspecified atom stereocenters. The van der Waals surface area contributed by atoms with Gasteiger partial charge in [-0.3, -0.25) is 9.59 Å². The Morgan fingerprint density at radius 2 is 2.04 bits per heavy atom. The van der Waals surface area contributed by atoms with Gasteiger partial charge in [-0.1, -0.05) is 6.07 Å². The number of nitrogens with two attached hydrogens (primary N) is 1. The number of rotatable bonds is 5. The molecule has 1 aromatic rings. The summed E-state index contributed by atoms with van der Waals surface area (Å²) >= 11 is 0. The molecule has 0 aromatic heterocycles. The Balaban J connectivity index is 0.00000264. The lowest BCUT2D eigenvalue weighted by atomic mass is 9.92. The second-order valence-electron chi connectivity index (χ2n) is 5.25. The van der Waals surface area contributed by atoms with Crippen molar-refractivity contribution in [3.8, 4) is 0 Å². The minimum atomic E-state index is -0.647. The Morgan fingerprint density at radius 3 is 2.70 bits per heavy atom. The Hall–Kier alpha value is -1.70. The molecule has 1 saturated heterocycles. The van der Waals surface area contributed by atoms with E-state index in [-0.39, 0.29) is 30.8 Å². The van der Waals surface area contributed by atoms with Gasteiger partial charge in [0.15, 0.2) is 0 Å². The first-order chi connectivity index (χ1) is 10.6. The first-order valence-corrected chi connectivity index (χ1v) is 7.22. The molecule has 23 heavy (non-hydrogen) atoms. The van der Waals surface area contributed by atoms with Gasteiger partial charge in [0, 0.05) is 18.9 Å². The molecule has 1 fully saturated rings. The van der Waals surface area contributed by atoms with Crippen LogP contribution >= 0.6 is 12.4 Å². The first-order valence-electron chi connectivity index (χ1n) is 7.22. The SMILES string of the molecule is Cl.NC(C(=O)NCC(=O)Nc1cccc(F)c1)C1CCOCC1. The molecular weight excluding hydrogens is 325 g/mol. The van der Waals surface area contributed by atoms with E-state index in [9.17, 15) is 14.0 Å². The summed E-state index contributed by atoms with van der Waals surface area (Å²) < 4.78 is 18.2. The van der Waals surface area contributed by atoms with Gasteiger partial charge in [-0.25, -0.2) is 4.39 Å². The Bertz CT molecular complexity index is 538. The molecule has 128 valence electrons. The fraction of sp³-hybridized carbons (Fsp3) is 0.467. The number of hydrogen-bond donors (Lipinski definition) is 3. The molecule has 0 aliphatic carbocycles. The highest BCUT2D eigenvalue weighted by atomic mass is 35.5. The van der Waals surface area contributed by atoms with E-state index in [0.29, 0.717) is 18.9 Å². The molecule has 1 heterocycles. The number of amides is 2. The van der Waals surface area contributed by atoms with E-state index in [4.69, 9.17) is 10.5 Å². The third-order valence-electron chi connectivity index (χ3n) is 3.61. The topological polar surface area (TPSA) is 93.5 Å². The number of hydrogen-bond acceptors (Lipinski definition) is 4. The van der Waals surface area contributed by atoms with Crippen LogP contribution in [0.5, 0.6) is 0 Å². The van der Waals surface area contributed by atoms with E-state index in [1.165, 1.54) is 18.2 Å². The van der Waals surface area contributed by atoms with Crippen LogP contribution in [-0.2, 0) is 14.3 Å². The minimum absolute atomic E-state index is 0. The van der Waals surface area contributed by atoms with Crippen molar-refractivity contribution in [2.24, 2.45) is 11.7 Å². The van der Waals surface area contributed by atoms with Crippen molar-refractivity contribution in [3.05, 3.63) is 30.1 Å². The number of halogens is 2. The summed E-state index contributed by atoms with van der Waals surface area (Å²) in [6.07, 6.45) is 1.48. The highest BCUT2D eigenvalue weighted by Crippen LogP contribution is 2.17. The van der Waals surface area contributed by atoms with Crippen LogP contribution < -0.4 is 16.4 Å². The lowest BCUT2D eigenvalue weighted by Gasteiger charge is -2.26. The fourth-order valence-electron chi connectivity index (χ4n) is 2.35. The normalized spacial score (nSPS) is 16.1. The van der Waals surface area contributed by atoms with E-state index in [1.807, 2.05) is 0 Å². The van der Waals surface area contributed by atoms with Crippen LogP contribution in [-0.4, -0.2) is 37.6 Å². The molecular formula is C15H21ClFN3O3. The summed E-state index contributed by atoms with van der Waals surface area (Å²) in [4.78, 5) is 23.7. The van der Waals surface area contributed by atoms with Gasteiger partial charge in [-0.05, 0) is 37.0 Å². The van der Waals surface area contributed by atoms with Gasteiger partial charge in [-0.15, -0.1) is 12.4 Å². The van der Waals surface area contributed by atoms with Gasteiger partial charge < -0.3 is 21.1 Å². The van der Waals surface area contributed by atoms with Gasteiger partial charge in [0.2, 0.25) is 11.8 Å². The quantitative estimate of drug-likeness (QED) is 0.743. The number of benzene rings is 1. The maximum absolute atomic E-state index is 13.0. The van der Waals surface area contributed by atoms with Crippen LogP contribution in [0.15, 0.2) is 24.3 Å². The smallest absolute Gasteiger partial charge is 0.243 e. The molecule has 0 bridgehead atoms. The zero-order valence-corrected chi connectivity index (χ0v) is 13.4. The predicted octanol–water partition coefficient (Wildman–Crippen LogP) is 1.06. The van der Waals surface area contributed by atoms with Crippen molar-refractivity contribution in [2.45, 2.75) is 18.9 Å². The molecule has 1 aliphatic heterocycles. The molecule has 2 amide bonds. The van der Waals surface area contributed by atoms with Crippen LogP contribution in [0.1, 0.15) is 12.8 Å². The zero-order valence-electron chi connectivity index (χ0n) is 12.6. The summed E-state index contributed by atoms with van der Waals surface area (Å²) in [5.74, 6) is -1.16. The van der Waals surface area contributed by atoms with E-state index < -0.39 is 17.8 Å². The number of nitrogens with one attached hydrogen (secondary N) is 2. The Kier molecular flexibility index (Phi) is 7.94. The van der Waals surface area contributed by atoms with E-state index in [0.717, 1.165) is 12.8 Å². The van der Waals surface area contributed by atoms with Gasteiger partial charge in [0.1, 0.15) is 5.82 Å². The van der Waals surface area contributed by atoms with Crippen LogP contribution in [0, 0.1) is 11.7 Å². The molecule has 0 spiro atoms. The fourth-order valence-corrected chi connectivity index (χ4v) is 2.35. The Labute approximate surface area is 140 Å². The summed E-state index contributed by atoms with van der Waals surface area (Å²) in [5.41, 5.74) is 6.24. The molecule has 1 aliphatic rings. The number of carbonyl (C=O) groups is 2. The molecule has 6 nitrogen and oxygen atoms in total. The standard InChI is InChI=1S/C15H20FN3O3.ClH/c16-11-2-1-3-12(8-11)19-13(20)9-18-15(21)14(17)10-4-6-22-7-5-10;/h1-3,8,10,14H,4-7,9,17H2,(H,18,21)(H,19,20);1H. The van der Waals surface area contributed by atoms with Crippen LogP contribution in [0.25, 0.3) is 0 Å². The number of carbonyl (C=O) groups excluding carboxylic acids is 2. The van der Waals surface area contributed by atoms with Crippen molar-refractivity contribution < 1.29 is 18.7 Å². The summed E-state index contributed by atoms with van der Waals surface area (Å²) in [7, 11) is 0. The van der Waals surface area contributed by atoms with Gasteiger partial charge in [0.05, 0.1) is 12.6 Å². The molecule has 0 radical (unpaired) electrons. The third-order valence-corrected chi connectivity index (χ3v) is 3.61. The maximum Gasteiger partial charge on any atom is 0.243 e. The molecule has 2 rings (SSSR count). The second kappa shape index (κ2) is 9.44. The van der Waals surface area contributed by atoms with E-state index in [1.54, 1.807) is 6.07 Å². The lowest BCUT2D eigenvalue weighted by Crippen LogP contribution is -2.48. The highest BCUT2D eigenvalue weighted by molar-refractivity contribution is 5.95. The summed E-state index contributed by atoms with van der Waals surface area (Å²) in [6, 6.07) is 4.89. The summed E-state index contributed by atoms with van der Waals surface area (Å²) in [6.45, 7) is 1.00. The zero-order chi connectivity index (χ0) is 15.9. The predicted molar refractivity (Wildman–Crippen MR) is 86.8 cm³/mol. The molecule has 1 aromatic carbocycles. The maximum atomic E-state index is 13.0. The largest absolute Gasteiger partial charge is 0.381 e. The summed E-state index contributed by atoms with van der Waals surface area (Å²) in [5, 5.41) is 5.01. The molecule has 1 atom stereocenters. The lowest BCUT2D eigenvalue weighted by molar-refractivity contribution is -0.126. The molecule has 8 heteroatoms. The minimum Gasteiger partial charge on any atom is -0.381 e. The van der Waals surface area contributed by atoms with Gasteiger partial charge in [0.25, 0.3) is 0 Å². The van der Waals surface area contributed by atoms with Crippen molar-refractivity contribution in [2.75, 3.05) is 25.1 Å². The van der Waals surface area contributed by atoms with Crippen LogP contribution in [0.4, 0.5) is 10.1 Å². The first kappa shape index (κ1) is 19.3. The van der Waals surface area contributed by atoms with Crippen molar-refractivity contribution in [1.82, 2.24) is 5.32 Å². The van der Waals surface area contributed by atoms with Crippen molar-refractivity contribution in [3.63, 3.8) is 0 Å². The van der Waals surface area contributed by atoms with Crippen molar-refractivity contribution in [1.29, 1.82) is 0 Å². The number of anilines is 1. The highest BCUT2D eigenvalue weighted by Gasteiger charge is 2.26. The Morgan fingerprint density at radius 1 is 1.35 bits per heavy atom. The average Bonchev–Trinajstić information content (AvgIpc) is 2.52.